The lowest BCUT2D eigenvalue weighted by Gasteiger charge is -2.38. The minimum Gasteiger partial charge on any atom is -0.339 e. The van der Waals surface area contributed by atoms with Crippen molar-refractivity contribution in [3.05, 3.63) is 29.2 Å². The van der Waals surface area contributed by atoms with Crippen LogP contribution >= 0.6 is 0 Å². The zero-order valence-electron chi connectivity index (χ0n) is 11.9. The molecule has 0 spiro atoms. The molecule has 0 aromatic carbocycles. The summed E-state index contributed by atoms with van der Waals surface area (Å²) in [7, 11) is 0. The maximum Gasteiger partial charge on any atom is 0.229 e. The van der Waals surface area contributed by atoms with Crippen molar-refractivity contribution in [1.82, 2.24) is 24.8 Å². The fourth-order valence-corrected chi connectivity index (χ4v) is 2.87. The van der Waals surface area contributed by atoms with Gasteiger partial charge in [-0.25, -0.2) is 0 Å². The van der Waals surface area contributed by atoms with Crippen molar-refractivity contribution < 1.29 is 4.52 Å². The average Bonchev–Trinajstić information content (AvgIpc) is 3.02. The van der Waals surface area contributed by atoms with Crippen LogP contribution in [0.5, 0.6) is 0 Å². The van der Waals surface area contributed by atoms with Gasteiger partial charge in [-0.05, 0) is 32.8 Å². The summed E-state index contributed by atoms with van der Waals surface area (Å²) in [5, 5.41) is 8.62. The van der Waals surface area contributed by atoms with E-state index in [4.69, 9.17) is 4.52 Å². The number of hydrogen-bond acceptors (Lipinski definition) is 5. The van der Waals surface area contributed by atoms with Crippen LogP contribution in [0, 0.1) is 13.8 Å². The summed E-state index contributed by atoms with van der Waals surface area (Å²) in [6.45, 7) is 6.96. The van der Waals surface area contributed by atoms with Crippen LogP contribution in [0.1, 0.15) is 47.9 Å². The van der Waals surface area contributed by atoms with Gasteiger partial charge < -0.3 is 4.52 Å². The zero-order valence-corrected chi connectivity index (χ0v) is 11.9. The molecule has 1 saturated heterocycles. The van der Waals surface area contributed by atoms with Crippen molar-refractivity contribution in [3.63, 3.8) is 0 Å². The Kier molecular flexibility index (Phi) is 2.66. The van der Waals surface area contributed by atoms with Crippen molar-refractivity contribution in [3.8, 4) is 0 Å². The lowest BCUT2D eigenvalue weighted by molar-refractivity contribution is 0.0857. The maximum absolute atomic E-state index is 5.29. The van der Waals surface area contributed by atoms with Gasteiger partial charge in [0, 0.05) is 24.7 Å². The van der Waals surface area contributed by atoms with E-state index < -0.39 is 0 Å². The fourth-order valence-electron chi connectivity index (χ4n) is 2.87. The van der Waals surface area contributed by atoms with Crippen LogP contribution in [-0.4, -0.2) is 37.9 Å². The van der Waals surface area contributed by atoms with E-state index in [1.54, 1.807) is 0 Å². The molecule has 1 saturated carbocycles. The molecule has 2 aromatic rings. The molecule has 0 unspecified atom stereocenters. The van der Waals surface area contributed by atoms with Crippen molar-refractivity contribution in [2.24, 2.45) is 0 Å². The molecule has 106 valence electrons. The molecule has 4 rings (SSSR count). The van der Waals surface area contributed by atoms with Gasteiger partial charge in [-0.15, -0.1) is 0 Å². The van der Waals surface area contributed by atoms with Crippen LogP contribution < -0.4 is 0 Å². The predicted octanol–water partition coefficient (Wildman–Crippen LogP) is 1.82. The van der Waals surface area contributed by atoms with Gasteiger partial charge in [-0.3, -0.25) is 9.58 Å². The molecular formula is C14H19N5O. The van der Waals surface area contributed by atoms with Crippen molar-refractivity contribution in [2.45, 2.75) is 45.2 Å². The molecule has 20 heavy (non-hydrogen) atoms. The molecular weight excluding hydrogens is 254 g/mol. The molecule has 0 N–H and O–H groups in total. The molecule has 0 amide bonds. The average molecular weight is 273 g/mol. The first-order chi connectivity index (χ1) is 9.69. The van der Waals surface area contributed by atoms with Gasteiger partial charge in [-0.1, -0.05) is 5.16 Å². The number of aryl methyl sites for hydroxylation is 2. The van der Waals surface area contributed by atoms with Gasteiger partial charge in [-0.2, -0.15) is 10.1 Å². The van der Waals surface area contributed by atoms with Crippen LogP contribution in [-0.2, 0) is 6.54 Å². The van der Waals surface area contributed by atoms with Crippen molar-refractivity contribution >= 4 is 0 Å². The van der Waals surface area contributed by atoms with E-state index in [0.717, 1.165) is 37.0 Å². The van der Waals surface area contributed by atoms with E-state index in [0.29, 0.717) is 12.0 Å². The molecule has 6 nitrogen and oxygen atoms in total. The Morgan fingerprint density at radius 1 is 1.30 bits per heavy atom. The molecule has 0 radical (unpaired) electrons. The molecule has 3 heterocycles. The third-order valence-electron chi connectivity index (χ3n) is 4.10. The van der Waals surface area contributed by atoms with Crippen molar-refractivity contribution in [1.29, 1.82) is 0 Å². The smallest absolute Gasteiger partial charge is 0.229 e. The standard InChI is InChI=1S/C14H19N5O/c1-9-5-10(2)19(16-9)12-6-18(7-12)8-13-15-14(20-17-13)11-3-4-11/h5,11-12H,3-4,6-8H2,1-2H3. The molecule has 2 aromatic heterocycles. The highest BCUT2D eigenvalue weighted by atomic mass is 16.5. The summed E-state index contributed by atoms with van der Waals surface area (Å²) < 4.78 is 7.42. The van der Waals surface area contributed by atoms with Crippen LogP contribution in [0.4, 0.5) is 0 Å². The summed E-state index contributed by atoms with van der Waals surface area (Å²) in [4.78, 5) is 6.81. The van der Waals surface area contributed by atoms with Gasteiger partial charge in [0.05, 0.1) is 18.3 Å². The Bertz CT molecular complexity index is 621. The van der Waals surface area contributed by atoms with Gasteiger partial charge in [0.25, 0.3) is 0 Å². The molecule has 0 bridgehead atoms. The molecule has 1 aliphatic carbocycles. The highest BCUT2D eigenvalue weighted by Gasteiger charge is 2.32. The highest BCUT2D eigenvalue weighted by Crippen LogP contribution is 2.39. The first-order valence-electron chi connectivity index (χ1n) is 7.26. The number of nitrogens with zero attached hydrogens (tertiary/aromatic N) is 5. The van der Waals surface area contributed by atoms with E-state index in [1.807, 2.05) is 6.92 Å². The van der Waals surface area contributed by atoms with E-state index in [1.165, 1.54) is 18.5 Å². The predicted molar refractivity (Wildman–Crippen MR) is 72.3 cm³/mol. The Labute approximate surface area is 117 Å². The summed E-state index contributed by atoms with van der Waals surface area (Å²) in [6.07, 6.45) is 2.40. The minimum atomic E-state index is 0.485. The Morgan fingerprint density at radius 3 is 2.75 bits per heavy atom. The quantitative estimate of drug-likeness (QED) is 0.850. The van der Waals surface area contributed by atoms with Crippen molar-refractivity contribution in [2.75, 3.05) is 13.1 Å². The largest absolute Gasteiger partial charge is 0.339 e. The fraction of sp³-hybridized carbons (Fsp3) is 0.643. The second-order valence-corrected chi connectivity index (χ2v) is 6.04. The van der Waals surface area contributed by atoms with Gasteiger partial charge in [0.1, 0.15) is 0 Å². The van der Waals surface area contributed by atoms with Crippen LogP contribution in [0.25, 0.3) is 0 Å². The maximum atomic E-state index is 5.29. The SMILES string of the molecule is Cc1cc(C)n(C2CN(Cc3noc(C4CC4)n3)C2)n1. The van der Waals surface area contributed by atoms with E-state index in [-0.39, 0.29) is 0 Å². The summed E-state index contributed by atoms with van der Waals surface area (Å²) in [5.41, 5.74) is 2.33. The lowest BCUT2D eigenvalue weighted by Crippen LogP contribution is -2.47. The number of likely N-dealkylation sites (tertiary alicyclic amines) is 1. The molecule has 2 fully saturated rings. The van der Waals surface area contributed by atoms with Crippen LogP contribution in [0.15, 0.2) is 10.6 Å². The molecule has 1 aliphatic heterocycles. The summed E-state index contributed by atoms with van der Waals surface area (Å²) in [5.74, 6) is 2.18. The third kappa shape index (κ3) is 2.14. The molecule has 6 heteroatoms. The molecule has 2 aliphatic rings. The topological polar surface area (TPSA) is 60.0 Å². The van der Waals surface area contributed by atoms with E-state index in [9.17, 15) is 0 Å². The lowest BCUT2D eigenvalue weighted by atomic mass is 10.1. The Morgan fingerprint density at radius 2 is 2.10 bits per heavy atom. The van der Waals surface area contributed by atoms with Crippen LogP contribution in [0.3, 0.4) is 0 Å². The zero-order chi connectivity index (χ0) is 13.7. The van der Waals surface area contributed by atoms with Gasteiger partial charge in [0.15, 0.2) is 5.82 Å². The third-order valence-corrected chi connectivity index (χ3v) is 4.10. The first-order valence-corrected chi connectivity index (χ1v) is 7.26. The second-order valence-electron chi connectivity index (χ2n) is 6.04. The first kappa shape index (κ1) is 12.1. The monoisotopic (exact) mass is 273 g/mol. The van der Waals surface area contributed by atoms with Crippen LogP contribution in [0.2, 0.25) is 0 Å². The normalized spacial score (nSPS) is 20.3. The Balaban J connectivity index is 1.35. The highest BCUT2D eigenvalue weighted by molar-refractivity contribution is 5.09. The number of aromatic nitrogens is 4. The second kappa shape index (κ2) is 4.41. The number of hydrogen-bond donors (Lipinski definition) is 0. The molecule has 0 atom stereocenters. The Hall–Kier alpha value is -1.69. The summed E-state index contributed by atoms with van der Waals surface area (Å²) >= 11 is 0. The van der Waals surface area contributed by atoms with Gasteiger partial charge in [0.2, 0.25) is 5.89 Å². The van der Waals surface area contributed by atoms with E-state index in [2.05, 4.69) is 37.8 Å². The van der Waals surface area contributed by atoms with Gasteiger partial charge >= 0.3 is 0 Å². The number of rotatable bonds is 4. The summed E-state index contributed by atoms with van der Waals surface area (Å²) in [6, 6.07) is 2.61. The minimum absolute atomic E-state index is 0.485. The van der Waals surface area contributed by atoms with E-state index >= 15 is 0 Å².